The largest absolute Gasteiger partial charge is 0.399 e. The molecular weight excluding hydrogens is 234 g/mol. The van der Waals surface area contributed by atoms with Gasteiger partial charge in [-0.25, -0.2) is 0 Å². The average Bonchev–Trinajstić information content (AvgIpc) is 2.72. The monoisotopic (exact) mass is 249 g/mol. The summed E-state index contributed by atoms with van der Waals surface area (Å²) in [4.78, 5) is 0.784. The van der Waals surface area contributed by atoms with Crippen LogP contribution in [0.4, 0.5) is 5.69 Å². The van der Waals surface area contributed by atoms with E-state index in [1.54, 1.807) is 23.0 Å². The van der Waals surface area contributed by atoms with Crippen molar-refractivity contribution >= 4 is 16.5 Å². The first-order valence-electron chi connectivity index (χ1n) is 5.37. The number of rotatable bonds is 4. The van der Waals surface area contributed by atoms with Gasteiger partial charge in [0.25, 0.3) is 0 Å². The topological polar surface area (TPSA) is 60.9 Å². The molecule has 1 unspecified atom stereocenters. The van der Waals surface area contributed by atoms with Gasteiger partial charge in [-0.3, -0.25) is 8.89 Å². The van der Waals surface area contributed by atoms with Crippen LogP contribution in [0.5, 0.6) is 0 Å². The summed E-state index contributed by atoms with van der Waals surface area (Å²) in [5.74, 6) is 0.586. The molecule has 1 aromatic heterocycles. The summed E-state index contributed by atoms with van der Waals surface area (Å²) >= 11 is 0. The van der Waals surface area contributed by atoms with E-state index in [0.29, 0.717) is 11.4 Å². The summed E-state index contributed by atoms with van der Waals surface area (Å²) in [5.41, 5.74) is 7.40. The third-order valence-corrected chi connectivity index (χ3v) is 3.94. The highest BCUT2D eigenvalue weighted by Crippen LogP contribution is 2.12. The van der Waals surface area contributed by atoms with E-state index >= 15 is 0 Å². The van der Waals surface area contributed by atoms with Gasteiger partial charge in [0.05, 0.1) is 10.8 Å². The van der Waals surface area contributed by atoms with Crippen molar-refractivity contribution in [1.82, 2.24) is 9.78 Å². The van der Waals surface area contributed by atoms with Crippen molar-refractivity contribution in [3.8, 4) is 0 Å². The summed E-state index contributed by atoms with van der Waals surface area (Å²) in [6.45, 7) is 0. The fourth-order valence-electron chi connectivity index (χ4n) is 1.62. The Morgan fingerprint density at radius 1 is 1.41 bits per heavy atom. The SMILES string of the molecule is Cn1nccc1CCS(=O)c1cccc(N)c1. The highest BCUT2D eigenvalue weighted by atomic mass is 32.2. The van der Waals surface area contributed by atoms with Crippen molar-refractivity contribution < 1.29 is 4.21 Å². The zero-order valence-corrected chi connectivity index (χ0v) is 10.5. The average molecular weight is 249 g/mol. The van der Waals surface area contributed by atoms with Gasteiger partial charge >= 0.3 is 0 Å². The number of anilines is 1. The second-order valence-corrected chi connectivity index (χ2v) is 5.39. The molecule has 1 atom stereocenters. The second kappa shape index (κ2) is 5.14. The van der Waals surface area contributed by atoms with Gasteiger partial charge < -0.3 is 5.73 Å². The normalized spacial score (nSPS) is 12.5. The van der Waals surface area contributed by atoms with E-state index in [1.807, 2.05) is 25.2 Å². The predicted molar refractivity (Wildman–Crippen MR) is 69.0 cm³/mol. The Balaban J connectivity index is 2.01. The molecule has 0 radical (unpaired) electrons. The van der Waals surface area contributed by atoms with Crippen LogP contribution >= 0.6 is 0 Å². The summed E-state index contributed by atoms with van der Waals surface area (Å²) in [5, 5.41) is 4.08. The first kappa shape index (κ1) is 11.9. The van der Waals surface area contributed by atoms with E-state index < -0.39 is 10.8 Å². The zero-order valence-electron chi connectivity index (χ0n) is 9.67. The molecule has 0 bridgehead atoms. The van der Waals surface area contributed by atoms with Crippen LogP contribution in [-0.4, -0.2) is 19.7 Å². The quantitative estimate of drug-likeness (QED) is 0.832. The van der Waals surface area contributed by atoms with Gasteiger partial charge in [-0.1, -0.05) is 6.07 Å². The number of nitrogens with two attached hydrogens (primary N) is 1. The minimum absolute atomic E-state index is 0.586. The number of aryl methyl sites for hydroxylation is 2. The molecule has 2 rings (SSSR count). The van der Waals surface area contributed by atoms with Crippen molar-refractivity contribution in [2.24, 2.45) is 7.05 Å². The molecule has 4 nitrogen and oxygen atoms in total. The van der Waals surface area contributed by atoms with E-state index in [-0.39, 0.29) is 0 Å². The highest BCUT2D eigenvalue weighted by Gasteiger charge is 2.06. The van der Waals surface area contributed by atoms with Crippen molar-refractivity contribution in [3.63, 3.8) is 0 Å². The highest BCUT2D eigenvalue weighted by molar-refractivity contribution is 7.85. The first-order valence-corrected chi connectivity index (χ1v) is 6.69. The Kier molecular flexibility index (Phi) is 3.58. The van der Waals surface area contributed by atoms with Crippen LogP contribution in [0.3, 0.4) is 0 Å². The van der Waals surface area contributed by atoms with Gasteiger partial charge in [-0.15, -0.1) is 0 Å². The lowest BCUT2D eigenvalue weighted by Gasteiger charge is -2.04. The van der Waals surface area contributed by atoms with Gasteiger partial charge in [0.1, 0.15) is 0 Å². The molecular formula is C12H15N3OS. The third-order valence-electron chi connectivity index (χ3n) is 2.59. The Morgan fingerprint density at radius 3 is 2.88 bits per heavy atom. The molecule has 0 aliphatic carbocycles. The van der Waals surface area contributed by atoms with Crippen LogP contribution in [0.15, 0.2) is 41.4 Å². The van der Waals surface area contributed by atoms with Crippen molar-refractivity contribution in [2.45, 2.75) is 11.3 Å². The number of benzene rings is 1. The first-order chi connectivity index (χ1) is 8.16. The maximum absolute atomic E-state index is 12.0. The van der Waals surface area contributed by atoms with E-state index in [9.17, 15) is 4.21 Å². The molecule has 0 saturated carbocycles. The zero-order chi connectivity index (χ0) is 12.3. The number of hydrogen-bond donors (Lipinski definition) is 1. The number of nitrogens with zero attached hydrogens (tertiary/aromatic N) is 2. The van der Waals surface area contributed by atoms with Crippen LogP contribution in [0.2, 0.25) is 0 Å². The summed E-state index contributed by atoms with van der Waals surface area (Å²) in [7, 11) is 0.880. The van der Waals surface area contributed by atoms with Crippen LogP contribution in [-0.2, 0) is 24.3 Å². The molecule has 2 N–H and O–H groups in total. The Bertz CT molecular complexity index is 536. The Labute approximate surface area is 103 Å². The number of nitrogen functional groups attached to an aromatic ring is 1. The second-order valence-electron chi connectivity index (χ2n) is 3.82. The molecule has 0 amide bonds. The van der Waals surface area contributed by atoms with Gasteiger partial charge in [0.15, 0.2) is 0 Å². The van der Waals surface area contributed by atoms with E-state index in [2.05, 4.69) is 5.10 Å². The third kappa shape index (κ3) is 2.94. The standard InChI is InChI=1S/C12H15N3OS/c1-15-11(5-7-14-15)6-8-17(16)12-4-2-3-10(13)9-12/h2-5,7,9H,6,8,13H2,1H3. The molecule has 5 heteroatoms. The fraction of sp³-hybridized carbons (Fsp3) is 0.250. The van der Waals surface area contributed by atoms with Gasteiger partial charge in [0.2, 0.25) is 0 Å². The lowest BCUT2D eigenvalue weighted by atomic mass is 10.3. The summed E-state index contributed by atoms with van der Waals surface area (Å²) in [6, 6.07) is 9.17. The maximum atomic E-state index is 12.0. The van der Waals surface area contributed by atoms with Crippen molar-refractivity contribution in [3.05, 3.63) is 42.2 Å². The van der Waals surface area contributed by atoms with E-state index in [4.69, 9.17) is 5.73 Å². The molecule has 0 fully saturated rings. The molecule has 1 aromatic carbocycles. The van der Waals surface area contributed by atoms with Crippen molar-refractivity contribution in [2.75, 3.05) is 11.5 Å². The molecule has 17 heavy (non-hydrogen) atoms. The molecule has 0 aliphatic heterocycles. The molecule has 1 heterocycles. The number of hydrogen-bond acceptors (Lipinski definition) is 3. The Hall–Kier alpha value is -1.62. The molecule has 0 spiro atoms. The fourth-order valence-corrected chi connectivity index (χ4v) is 2.75. The molecule has 0 aliphatic rings. The van der Waals surface area contributed by atoms with Crippen LogP contribution < -0.4 is 5.73 Å². The van der Waals surface area contributed by atoms with Crippen LogP contribution in [0.25, 0.3) is 0 Å². The van der Waals surface area contributed by atoms with E-state index in [0.717, 1.165) is 17.0 Å². The smallest absolute Gasteiger partial charge is 0.0534 e. The maximum Gasteiger partial charge on any atom is 0.0534 e. The van der Waals surface area contributed by atoms with Gasteiger partial charge in [0, 0.05) is 41.7 Å². The van der Waals surface area contributed by atoms with E-state index in [1.165, 1.54) is 0 Å². The number of aromatic nitrogens is 2. The lowest BCUT2D eigenvalue weighted by Crippen LogP contribution is -2.06. The van der Waals surface area contributed by atoms with Gasteiger partial charge in [-0.2, -0.15) is 5.10 Å². The lowest BCUT2D eigenvalue weighted by molar-refractivity contribution is 0.678. The summed E-state index contributed by atoms with van der Waals surface area (Å²) in [6.07, 6.45) is 2.50. The predicted octanol–water partition coefficient (Wildman–Crippen LogP) is 1.35. The minimum atomic E-state index is -1.01. The van der Waals surface area contributed by atoms with Crippen LogP contribution in [0, 0.1) is 0 Å². The molecule has 90 valence electrons. The van der Waals surface area contributed by atoms with Crippen molar-refractivity contribution in [1.29, 1.82) is 0 Å². The summed E-state index contributed by atoms with van der Waals surface area (Å²) < 4.78 is 13.8. The molecule has 0 saturated heterocycles. The van der Waals surface area contributed by atoms with Crippen LogP contribution in [0.1, 0.15) is 5.69 Å². The minimum Gasteiger partial charge on any atom is -0.399 e. The molecule has 2 aromatic rings. The Morgan fingerprint density at radius 2 is 2.24 bits per heavy atom. The van der Waals surface area contributed by atoms with Gasteiger partial charge in [-0.05, 0) is 24.3 Å².